The van der Waals surface area contributed by atoms with Crippen LogP contribution in [-0.4, -0.2) is 35.5 Å². The summed E-state index contributed by atoms with van der Waals surface area (Å²) in [5, 5.41) is 0. The van der Waals surface area contributed by atoms with Crippen LogP contribution < -0.4 is 14.2 Å². The highest BCUT2D eigenvalue weighted by molar-refractivity contribution is 8.26. The molecule has 7 heteroatoms. The van der Waals surface area contributed by atoms with E-state index in [9.17, 15) is 4.79 Å². The van der Waals surface area contributed by atoms with Gasteiger partial charge in [0.1, 0.15) is 23.3 Å². The molecule has 0 aromatic heterocycles. The number of thioether (sulfide) groups is 1. The number of nitrogens with zero attached hydrogens (tertiary/aromatic N) is 1. The van der Waals surface area contributed by atoms with Crippen molar-refractivity contribution < 1.29 is 19.0 Å². The second-order valence-corrected chi connectivity index (χ2v) is 9.64. The van der Waals surface area contributed by atoms with Crippen molar-refractivity contribution in [3.63, 3.8) is 0 Å². The molecular weight excluding hydrogens is 490 g/mol. The predicted molar refractivity (Wildman–Crippen MR) is 149 cm³/mol. The highest BCUT2D eigenvalue weighted by atomic mass is 32.2. The summed E-state index contributed by atoms with van der Waals surface area (Å²) in [6, 6.07) is 23.3. The van der Waals surface area contributed by atoms with Gasteiger partial charge in [-0.15, -0.1) is 6.58 Å². The number of carbonyl (C=O) groups is 1. The van der Waals surface area contributed by atoms with E-state index in [0.717, 1.165) is 28.9 Å². The van der Waals surface area contributed by atoms with Gasteiger partial charge in [0.05, 0.1) is 18.6 Å². The Bertz CT molecular complexity index is 1270. The lowest BCUT2D eigenvalue weighted by atomic mass is 10.1. The van der Waals surface area contributed by atoms with Gasteiger partial charge in [0.15, 0.2) is 11.5 Å². The number of benzene rings is 3. The summed E-state index contributed by atoms with van der Waals surface area (Å²) in [5.74, 6) is 1.92. The molecule has 0 bridgehead atoms. The highest BCUT2D eigenvalue weighted by Gasteiger charge is 2.32. The first kappa shape index (κ1) is 25.5. The van der Waals surface area contributed by atoms with Crippen molar-refractivity contribution in [1.29, 1.82) is 0 Å². The Morgan fingerprint density at radius 1 is 0.944 bits per heavy atom. The van der Waals surface area contributed by atoms with Crippen LogP contribution in [0, 0.1) is 0 Å². The van der Waals surface area contributed by atoms with Crippen LogP contribution in [0.1, 0.15) is 16.7 Å². The van der Waals surface area contributed by atoms with Gasteiger partial charge in [-0.1, -0.05) is 84.7 Å². The Labute approximate surface area is 221 Å². The summed E-state index contributed by atoms with van der Waals surface area (Å²) in [5.41, 5.74) is 2.95. The lowest BCUT2D eigenvalue weighted by molar-refractivity contribution is -0.122. The Kier molecular flexibility index (Phi) is 8.81. The maximum absolute atomic E-state index is 13.0. The SMILES string of the molecule is C=CCc1ccccc1OCCOc1ccc(/C=C2\SC(=S)N(Cc3ccccc3)C2=O)cc1OC. The molecule has 36 heavy (non-hydrogen) atoms. The molecule has 1 saturated heterocycles. The molecule has 1 amide bonds. The van der Waals surface area contributed by atoms with Crippen LogP contribution in [0.2, 0.25) is 0 Å². The van der Waals surface area contributed by atoms with Gasteiger partial charge >= 0.3 is 0 Å². The molecule has 0 atom stereocenters. The topological polar surface area (TPSA) is 48.0 Å². The second-order valence-electron chi connectivity index (χ2n) is 7.96. The Morgan fingerprint density at radius 2 is 1.67 bits per heavy atom. The van der Waals surface area contributed by atoms with Crippen molar-refractivity contribution in [3.05, 3.63) is 107 Å². The number of methoxy groups -OCH3 is 1. The number of amides is 1. The lowest BCUT2D eigenvalue weighted by Gasteiger charge is -2.14. The third-order valence-electron chi connectivity index (χ3n) is 5.48. The van der Waals surface area contributed by atoms with Crippen LogP contribution in [0.3, 0.4) is 0 Å². The fourth-order valence-corrected chi connectivity index (χ4v) is 4.97. The minimum Gasteiger partial charge on any atom is -0.493 e. The van der Waals surface area contributed by atoms with E-state index < -0.39 is 0 Å². The summed E-state index contributed by atoms with van der Waals surface area (Å²) >= 11 is 6.77. The number of ether oxygens (including phenoxy) is 3. The van der Waals surface area contributed by atoms with E-state index in [4.69, 9.17) is 26.4 Å². The van der Waals surface area contributed by atoms with Crippen LogP contribution in [-0.2, 0) is 17.8 Å². The average molecular weight is 518 g/mol. The van der Waals surface area contributed by atoms with Crippen molar-refractivity contribution in [2.24, 2.45) is 0 Å². The fraction of sp³-hybridized carbons (Fsp3) is 0.172. The zero-order valence-electron chi connectivity index (χ0n) is 20.0. The molecular formula is C29H27NO4S2. The normalized spacial score (nSPS) is 14.2. The van der Waals surface area contributed by atoms with Gasteiger partial charge in [0.25, 0.3) is 5.91 Å². The molecule has 0 radical (unpaired) electrons. The van der Waals surface area contributed by atoms with Gasteiger partial charge in [0.2, 0.25) is 0 Å². The molecule has 0 N–H and O–H groups in total. The van der Waals surface area contributed by atoms with Gasteiger partial charge in [0, 0.05) is 0 Å². The Morgan fingerprint density at radius 3 is 2.42 bits per heavy atom. The predicted octanol–water partition coefficient (Wildman–Crippen LogP) is 6.28. The molecule has 0 saturated carbocycles. The quantitative estimate of drug-likeness (QED) is 0.129. The van der Waals surface area contributed by atoms with Crippen molar-refractivity contribution in [2.75, 3.05) is 20.3 Å². The summed E-state index contributed by atoms with van der Waals surface area (Å²) in [7, 11) is 1.59. The smallest absolute Gasteiger partial charge is 0.266 e. The van der Waals surface area contributed by atoms with E-state index >= 15 is 0 Å². The molecule has 0 aliphatic carbocycles. The van der Waals surface area contributed by atoms with Crippen LogP contribution in [0.25, 0.3) is 6.08 Å². The number of hydrogen-bond acceptors (Lipinski definition) is 6. The summed E-state index contributed by atoms with van der Waals surface area (Å²) in [6.45, 7) is 5.00. The molecule has 3 aromatic carbocycles. The first-order chi connectivity index (χ1) is 17.6. The maximum atomic E-state index is 13.0. The van der Waals surface area contributed by atoms with Gasteiger partial charge < -0.3 is 14.2 Å². The van der Waals surface area contributed by atoms with Crippen molar-refractivity contribution >= 4 is 40.3 Å². The van der Waals surface area contributed by atoms with Crippen molar-refractivity contribution in [2.45, 2.75) is 13.0 Å². The van der Waals surface area contributed by atoms with E-state index in [2.05, 4.69) is 6.58 Å². The first-order valence-electron chi connectivity index (χ1n) is 11.5. The molecule has 1 fully saturated rings. The fourth-order valence-electron chi connectivity index (χ4n) is 3.72. The molecule has 1 aliphatic rings. The van der Waals surface area contributed by atoms with Gasteiger partial charge in [-0.3, -0.25) is 9.69 Å². The number of thiocarbonyl (C=S) groups is 1. The first-order valence-corrected chi connectivity index (χ1v) is 12.7. The number of carbonyl (C=O) groups excluding carboxylic acids is 1. The average Bonchev–Trinajstić information content (AvgIpc) is 3.16. The lowest BCUT2D eigenvalue weighted by Crippen LogP contribution is -2.27. The molecule has 3 aromatic rings. The Balaban J connectivity index is 1.38. The van der Waals surface area contributed by atoms with Crippen molar-refractivity contribution in [3.8, 4) is 17.2 Å². The molecule has 184 valence electrons. The third kappa shape index (κ3) is 6.36. The molecule has 0 spiro atoms. The van der Waals surface area contributed by atoms with Gasteiger partial charge in [-0.05, 0) is 47.4 Å². The molecule has 0 unspecified atom stereocenters. The highest BCUT2D eigenvalue weighted by Crippen LogP contribution is 2.35. The molecule has 1 heterocycles. The minimum atomic E-state index is -0.0953. The number of allylic oxidation sites excluding steroid dienone is 1. The number of rotatable bonds is 11. The van der Waals surface area contributed by atoms with E-state index in [1.54, 1.807) is 12.0 Å². The van der Waals surface area contributed by atoms with E-state index in [1.807, 2.05) is 84.9 Å². The number of para-hydroxylation sites is 1. The summed E-state index contributed by atoms with van der Waals surface area (Å²) < 4.78 is 17.9. The maximum Gasteiger partial charge on any atom is 0.266 e. The van der Waals surface area contributed by atoms with Crippen LogP contribution >= 0.6 is 24.0 Å². The summed E-state index contributed by atoms with van der Waals surface area (Å²) in [4.78, 5) is 15.2. The monoisotopic (exact) mass is 517 g/mol. The van der Waals surface area contributed by atoms with Crippen LogP contribution in [0.15, 0.2) is 90.4 Å². The van der Waals surface area contributed by atoms with E-state index in [1.165, 1.54) is 11.8 Å². The number of hydrogen-bond donors (Lipinski definition) is 0. The largest absolute Gasteiger partial charge is 0.493 e. The second kappa shape index (κ2) is 12.4. The van der Waals surface area contributed by atoms with E-state index in [0.29, 0.717) is 40.5 Å². The molecule has 4 rings (SSSR count). The zero-order chi connectivity index (χ0) is 25.3. The minimum absolute atomic E-state index is 0.0953. The van der Waals surface area contributed by atoms with Crippen LogP contribution in [0.4, 0.5) is 0 Å². The molecule has 1 aliphatic heterocycles. The van der Waals surface area contributed by atoms with Crippen molar-refractivity contribution in [1.82, 2.24) is 4.90 Å². The Hall–Kier alpha value is -3.55. The third-order valence-corrected chi connectivity index (χ3v) is 6.86. The summed E-state index contributed by atoms with van der Waals surface area (Å²) in [6.07, 6.45) is 4.43. The zero-order valence-corrected chi connectivity index (χ0v) is 21.6. The van der Waals surface area contributed by atoms with Gasteiger partial charge in [-0.2, -0.15) is 0 Å². The molecule has 5 nitrogen and oxygen atoms in total. The van der Waals surface area contributed by atoms with Gasteiger partial charge in [-0.25, -0.2) is 0 Å². The van der Waals surface area contributed by atoms with E-state index in [-0.39, 0.29) is 5.91 Å². The standard InChI is InChI=1S/C29H27NO4S2/c1-3-9-23-12-7-8-13-24(23)33-16-17-34-25-15-14-22(18-26(25)32-2)19-27-28(31)30(29(35)36-27)20-21-10-5-4-6-11-21/h3-8,10-15,18-19H,1,9,16-17,20H2,2H3/b27-19-. The van der Waals surface area contributed by atoms with Crippen LogP contribution in [0.5, 0.6) is 17.2 Å².